The fourth-order valence-corrected chi connectivity index (χ4v) is 3.76. The topological polar surface area (TPSA) is 71.1 Å². The van der Waals surface area contributed by atoms with Crippen LogP contribution in [0.15, 0.2) is 60.7 Å². The summed E-state index contributed by atoms with van der Waals surface area (Å²) in [7, 11) is -4.14. The number of carbonyl (C=O) groups is 2. The minimum absolute atomic E-state index is 0.0920. The van der Waals surface area contributed by atoms with Gasteiger partial charge in [0.05, 0.1) is 0 Å². The van der Waals surface area contributed by atoms with E-state index in [4.69, 9.17) is 17.7 Å². The number of hydrogen-bond donors (Lipinski definition) is 0. The summed E-state index contributed by atoms with van der Waals surface area (Å²) in [6.45, 7) is 3.27. The second-order valence-electron chi connectivity index (χ2n) is 4.99. The SMILES string of the molecule is CCC(=O)O[Si](OC(=O)CC)(Oc1ccccc1)Oc1ccccc1. The molecule has 0 aromatic heterocycles. The van der Waals surface area contributed by atoms with E-state index in [1.54, 1.807) is 62.4 Å². The Hall–Kier alpha value is -2.80. The lowest BCUT2D eigenvalue weighted by Gasteiger charge is -2.26. The molecule has 0 unspecified atom stereocenters. The zero-order valence-corrected chi connectivity index (χ0v) is 15.1. The van der Waals surface area contributed by atoms with Crippen molar-refractivity contribution in [3.05, 3.63) is 60.7 Å². The number of benzene rings is 2. The third kappa shape index (κ3) is 5.65. The van der Waals surface area contributed by atoms with Crippen molar-refractivity contribution in [3.63, 3.8) is 0 Å². The van der Waals surface area contributed by atoms with Crippen molar-refractivity contribution in [1.82, 2.24) is 0 Å². The molecule has 2 aromatic rings. The fourth-order valence-electron chi connectivity index (χ4n) is 1.81. The lowest BCUT2D eigenvalue weighted by molar-refractivity contribution is -0.147. The number of hydrogen-bond acceptors (Lipinski definition) is 6. The number of para-hydroxylation sites is 2. The summed E-state index contributed by atoms with van der Waals surface area (Å²) < 4.78 is 22.3. The Morgan fingerprint density at radius 2 is 1.08 bits per heavy atom. The smallest absolute Gasteiger partial charge is 0.452 e. The second-order valence-corrected chi connectivity index (χ2v) is 6.80. The summed E-state index contributed by atoms with van der Waals surface area (Å²) in [4.78, 5) is 23.9. The molecular formula is C18H20O6Si. The van der Waals surface area contributed by atoms with Crippen LogP contribution >= 0.6 is 0 Å². The van der Waals surface area contributed by atoms with Crippen molar-refractivity contribution in [1.29, 1.82) is 0 Å². The highest BCUT2D eigenvalue weighted by Gasteiger charge is 2.60. The summed E-state index contributed by atoms with van der Waals surface area (Å²) in [5.41, 5.74) is 0. The van der Waals surface area contributed by atoms with Gasteiger partial charge in [-0.25, -0.2) is 0 Å². The molecule has 132 valence electrons. The predicted octanol–water partition coefficient (Wildman–Crippen LogP) is 3.49. The van der Waals surface area contributed by atoms with Crippen molar-refractivity contribution >= 4 is 21.0 Å². The Morgan fingerprint density at radius 1 is 0.720 bits per heavy atom. The summed E-state index contributed by atoms with van der Waals surface area (Å²) in [6.07, 6.45) is 0.184. The van der Waals surface area contributed by atoms with Gasteiger partial charge in [-0.1, -0.05) is 50.2 Å². The van der Waals surface area contributed by atoms with Gasteiger partial charge in [0.15, 0.2) is 0 Å². The van der Waals surface area contributed by atoms with Crippen LogP contribution in [0.2, 0.25) is 0 Å². The molecular weight excluding hydrogens is 340 g/mol. The lowest BCUT2D eigenvalue weighted by atomic mass is 10.3. The zero-order chi connectivity index (χ0) is 18.1. The Labute approximate surface area is 147 Å². The van der Waals surface area contributed by atoms with Crippen LogP contribution in [0.1, 0.15) is 26.7 Å². The standard InChI is InChI=1S/C18H20O6Si/c1-3-17(19)23-25(24-18(20)4-2,21-15-11-7-5-8-12-15)22-16-13-9-6-10-14-16/h5-14H,3-4H2,1-2H3. The summed E-state index contributed by atoms with van der Waals surface area (Å²) in [5, 5.41) is 0. The van der Waals surface area contributed by atoms with Crippen LogP contribution in [0.5, 0.6) is 11.5 Å². The first kappa shape index (κ1) is 18.5. The average molecular weight is 360 g/mol. The van der Waals surface area contributed by atoms with Crippen LogP contribution in [0.25, 0.3) is 0 Å². The van der Waals surface area contributed by atoms with Crippen molar-refractivity contribution in [2.75, 3.05) is 0 Å². The summed E-state index contributed by atoms with van der Waals surface area (Å²) >= 11 is 0. The van der Waals surface area contributed by atoms with Gasteiger partial charge in [-0.05, 0) is 24.3 Å². The molecule has 2 rings (SSSR count). The summed E-state index contributed by atoms with van der Waals surface area (Å²) in [5.74, 6) is -0.416. The highest BCUT2D eigenvalue weighted by Crippen LogP contribution is 2.23. The molecule has 0 atom stereocenters. The van der Waals surface area contributed by atoms with E-state index < -0.39 is 21.0 Å². The van der Waals surface area contributed by atoms with Gasteiger partial charge in [0.1, 0.15) is 11.5 Å². The zero-order valence-electron chi connectivity index (χ0n) is 14.1. The van der Waals surface area contributed by atoms with E-state index >= 15 is 0 Å². The fraction of sp³-hybridized carbons (Fsp3) is 0.222. The van der Waals surface area contributed by atoms with E-state index in [1.165, 1.54) is 0 Å². The van der Waals surface area contributed by atoms with E-state index in [-0.39, 0.29) is 12.8 Å². The predicted molar refractivity (Wildman–Crippen MR) is 92.7 cm³/mol. The molecule has 7 heteroatoms. The number of carbonyl (C=O) groups excluding carboxylic acids is 2. The molecule has 0 aliphatic rings. The van der Waals surface area contributed by atoms with Crippen molar-refractivity contribution in [2.24, 2.45) is 0 Å². The van der Waals surface area contributed by atoms with Crippen molar-refractivity contribution in [2.45, 2.75) is 26.7 Å². The monoisotopic (exact) mass is 360 g/mol. The molecule has 0 saturated carbocycles. The van der Waals surface area contributed by atoms with Crippen molar-refractivity contribution in [3.8, 4) is 11.5 Å². The molecule has 6 nitrogen and oxygen atoms in total. The van der Waals surface area contributed by atoms with E-state index in [1.807, 2.05) is 12.1 Å². The Morgan fingerprint density at radius 3 is 1.40 bits per heavy atom. The van der Waals surface area contributed by atoms with E-state index in [2.05, 4.69) is 0 Å². The molecule has 0 fully saturated rings. The molecule has 0 aliphatic carbocycles. The molecule has 0 heterocycles. The van der Waals surface area contributed by atoms with E-state index in [0.717, 1.165) is 0 Å². The van der Waals surface area contributed by atoms with Gasteiger partial charge >= 0.3 is 9.05 Å². The molecule has 0 radical (unpaired) electrons. The largest absolute Gasteiger partial charge is 0.970 e. The minimum atomic E-state index is -4.14. The number of rotatable bonds is 8. The molecule has 0 aliphatic heterocycles. The van der Waals surface area contributed by atoms with Crippen LogP contribution in [0.3, 0.4) is 0 Å². The Kier molecular flexibility index (Phi) is 6.59. The molecule has 0 spiro atoms. The minimum Gasteiger partial charge on any atom is -0.452 e. The molecule has 0 N–H and O–H groups in total. The van der Waals surface area contributed by atoms with Gasteiger partial charge in [-0.3, -0.25) is 9.59 Å². The first-order valence-electron chi connectivity index (χ1n) is 7.98. The third-order valence-electron chi connectivity index (χ3n) is 3.03. The van der Waals surface area contributed by atoms with E-state index in [9.17, 15) is 9.59 Å². The second kappa shape index (κ2) is 8.88. The molecule has 0 saturated heterocycles. The van der Waals surface area contributed by atoms with Gasteiger partial charge in [-0.15, -0.1) is 0 Å². The maximum absolute atomic E-state index is 11.9. The third-order valence-corrected chi connectivity index (χ3v) is 4.95. The molecule has 2 aromatic carbocycles. The first-order chi connectivity index (χ1) is 12.1. The highest BCUT2D eigenvalue weighted by atomic mass is 28.4. The van der Waals surface area contributed by atoms with Crippen LogP contribution in [-0.4, -0.2) is 21.0 Å². The maximum atomic E-state index is 11.9. The quantitative estimate of drug-likeness (QED) is 0.671. The highest BCUT2D eigenvalue weighted by molar-refractivity contribution is 6.59. The van der Waals surface area contributed by atoms with Crippen LogP contribution in [0.4, 0.5) is 0 Å². The van der Waals surface area contributed by atoms with Crippen molar-refractivity contribution < 1.29 is 27.3 Å². The Balaban J connectivity index is 2.38. The normalized spacial score (nSPS) is 10.6. The Bertz CT molecular complexity index is 628. The molecule has 25 heavy (non-hydrogen) atoms. The van der Waals surface area contributed by atoms with Gasteiger partial charge in [0.2, 0.25) is 0 Å². The first-order valence-corrected chi connectivity index (χ1v) is 9.62. The average Bonchev–Trinajstić information content (AvgIpc) is 2.63. The van der Waals surface area contributed by atoms with Gasteiger partial charge in [-0.2, -0.15) is 0 Å². The van der Waals surface area contributed by atoms with Crippen LogP contribution < -0.4 is 8.85 Å². The lowest BCUT2D eigenvalue weighted by Crippen LogP contribution is -2.57. The summed E-state index contributed by atoms with van der Waals surface area (Å²) in [6, 6.07) is 17.3. The van der Waals surface area contributed by atoms with E-state index in [0.29, 0.717) is 11.5 Å². The van der Waals surface area contributed by atoms with Crippen LogP contribution in [-0.2, 0) is 18.4 Å². The van der Waals surface area contributed by atoms with Crippen LogP contribution in [0, 0.1) is 0 Å². The van der Waals surface area contributed by atoms with Gasteiger partial charge in [0.25, 0.3) is 11.9 Å². The maximum Gasteiger partial charge on any atom is 0.970 e. The molecule has 0 bridgehead atoms. The van der Waals surface area contributed by atoms with Gasteiger partial charge < -0.3 is 17.7 Å². The van der Waals surface area contributed by atoms with Gasteiger partial charge in [0, 0.05) is 12.8 Å². The molecule has 0 amide bonds.